The SMILES string of the molecule is CCCCC/C=C\C/C=C\C/C=C\C/C=C\CCCCOCC1CC1. The summed E-state index contributed by atoms with van der Waals surface area (Å²) in [7, 11) is 0. The van der Waals surface area contributed by atoms with Gasteiger partial charge in [-0.15, -0.1) is 0 Å². The minimum absolute atomic E-state index is 0.897. The molecule has 0 atom stereocenters. The molecular weight excluding hydrogens is 304 g/mol. The number of hydrogen-bond donors (Lipinski definition) is 0. The van der Waals surface area contributed by atoms with Gasteiger partial charge in [-0.1, -0.05) is 68.4 Å². The first kappa shape index (κ1) is 22.0. The molecule has 0 aliphatic heterocycles. The first-order chi connectivity index (χ1) is 12.4. The smallest absolute Gasteiger partial charge is 0.0494 e. The van der Waals surface area contributed by atoms with Crippen LogP contribution in [-0.2, 0) is 4.74 Å². The van der Waals surface area contributed by atoms with Gasteiger partial charge in [0, 0.05) is 13.2 Å². The van der Waals surface area contributed by atoms with Crippen LogP contribution in [0.2, 0.25) is 0 Å². The third kappa shape index (κ3) is 17.5. The van der Waals surface area contributed by atoms with Gasteiger partial charge in [-0.25, -0.2) is 0 Å². The Balaban J connectivity index is 1.79. The monoisotopic (exact) mass is 344 g/mol. The topological polar surface area (TPSA) is 9.23 Å². The second kappa shape index (κ2) is 17.7. The zero-order chi connectivity index (χ0) is 17.8. The van der Waals surface area contributed by atoms with Crippen molar-refractivity contribution >= 4 is 0 Å². The summed E-state index contributed by atoms with van der Waals surface area (Å²) in [6.45, 7) is 4.21. The molecule has 0 spiro atoms. The summed E-state index contributed by atoms with van der Waals surface area (Å²) >= 11 is 0. The van der Waals surface area contributed by atoms with E-state index >= 15 is 0 Å². The molecular formula is C24H40O. The summed E-state index contributed by atoms with van der Waals surface area (Å²) in [5, 5.41) is 0. The lowest BCUT2D eigenvalue weighted by molar-refractivity contribution is 0.121. The van der Waals surface area contributed by atoms with Crippen LogP contribution in [-0.4, -0.2) is 13.2 Å². The Morgan fingerprint density at radius 3 is 1.72 bits per heavy atom. The van der Waals surface area contributed by atoms with Crippen molar-refractivity contribution in [3.63, 3.8) is 0 Å². The number of unbranched alkanes of at least 4 members (excludes halogenated alkanes) is 5. The molecule has 1 rings (SSSR count). The van der Waals surface area contributed by atoms with E-state index in [0.29, 0.717) is 0 Å². The Morgan fingerprint density at radius 1 is 0.680 bits per heavy atom. The Hall–Kier alpha value is -1.08. The fraction of sp³-hybridized carbons (Fsp3) is 0.667. The third-order valence-corrected chi connectivity index (χ3v) is 4.42. The molecule has 1 saturated carbocycles. The predicted octanol–water partition coefficient (Wildman–Crippen LogP) is 7.56. The summed E-state index contributed by atoms with van der Waals surface area (Å²) in [6, 6.07) is 0. The van der Waals surface area contributed by atoms with E-state index in [1.54, 1.807) is 0 Å². The third-order valence-electron chi connectivity index (χ3n) is 4.42. The Labute approximate surface area is 156 Å². The molecule has 0 aromatic heterocycles. The van der Waals surface area contributed by atoms with Crippen LogP contribution in [0.15, 0.2) is 48.6 Å². The van der Waals surface area contributed by atoms with E-state index in [2.05, 4.69) is 55.5 Å². The molecule has 142 valence electrons. The lowest BCUT2D eigenvalue weighted by Gasteiger charge is -2.01. The zero-order valence-corrected chi connectivity index (χ0v) is 16.5. The first-order valence-corrected chi connectivity index (χ1v) is 10.6. The number of ether oxygens (including phenoxy) is 1. The zero-order valence-electron chi connectivity index (χ0n) is 16.5. The fourth-order valence-corrected chi connectivity index (χ4v) is 2.56. The van der Waals surface area contributed by atoms with E-state index in [0.717, 1.165) is 38.4 Å². The highest BCUT2D eigenvalue weighted by Crippen LogP contribution is 2.28. The normalized spacial score (nSPS) is 15.6. The van der Waals surface area contributed by atoms with E-state index in [4.69, 9.17) is 4.74 Å². The molecule has 1 aliphatic carbocycles. The van der Waals surface area contributed by atoms with Crippen LogP contribution in [0.1, 0.15) is 84.0 Å². The Kier molecular flexibility index (Phi) is 15.6. The van der Waals surface area contributed by atoms with E-state index < -0.39 is 0 Å². The minimum Gasteiger partial charge on any atom is -0.381 e. The molecule has 0 N–H and O–H groups in total. The maximum absolute atomic E-state index is 5.64. The van der Waals surface area contributed by atoms with E-state index in [1.165, 1.54) is 57.8 Å². The van der Waals surface area contributed by atoms with Gasteiger partial charge in [0.05, 0.1) is 0 Å². The summed E-state index contributed by atoms with van der Waals surface area (Å²) < 4.78 is 5.64. The van der Waals surface area contributed by atoms with Crippen molar-refractivity contribution in [2.75, 3.05) is 13.2 Å². The van der Waals surface area contributed by atoms with Crippen molar-refractivity contribution in [1.29, 1.82) is 0 Å². The molecule has 1 heteroatoms. The average Bonchev–Trinajstić information content (AvgIpc) is 3.44. The van der Waals surface area contributed by atoms with Crippen LogP contribution >= 0.6 is 0 Å². The van der Waals surface area contributed by atoms with Gasteiger partial charge < -0.3 is 4.74 Å². The predicted molar refractivity (Wildman–Crippen MR) is 112 cm³/mol. The highest BCUT2D eigenvalue weighted by Gasteiger charge is 2.20. The van der Waals surface area contributed by atoms with Crippen molar-refractivity contribution in [3.8, 4) is 0 Å². The number of allylic oxidation sites excluding steroid dienone is 8. The average molecular weight is 345 g/mol. The number of hydrogen-bond acceptors (Lipinski definition) is 1. The van der Waals surface area contributed by atoms with Crippen LogP contribution in [0.3, 0.4) is 0 Å². The summed E-state index contributed by atoms with van der Waals surface area (Å²) in [6.07, 6.45) is 33.1. The molecule has 0 saturated heterocycles. The molecule has 0 aromatic carbocycles. The second-order valence-electron chi connectivity index (χ2n) is 7.10. The van der Waals surface area contributed by atoms with Gasteiger partial charge in [0.1, 0.15) is 0 Å². The largest absolute Gasteiger partial charge is 0.381 e. The van der Waals surface area contributed by atoms with E-state index in [9.17, 15) is 0 Å². The fourth-order valence-electron chi connectivity index (χ4n) is 2.56. The second-order valence-corrected chi connectivity index (χ2v) is 7.10. The van der Waals surface area contributed by atoms with E-state index in [1.807, 2.05) is 0 Å². The van der Waals surface area contributed by atoms with Gasteiger partial charge in [0.25, 0.3) is 0 Å². The molecule has 1 nitrogen and oxygen atoms in total. The minimum atomic E-state index is 0.897. The molecule has 0 unspecified atom stereocenters. The van der Waals surface area contributed by atoms with Crippen molar-refractivity contribution in [2.45, 2.75) is 84.0 Å². The van der Waals surface area contributed by atoms with Gasteiger partial charge in [-0.05, 0) is 70.1 Å². The van der Waals surface area contributed by atoms with Crippen molar-refractivity contribution in [2.24, 2.45) is 5.92 Å². The van der Waals surface area contributed by atoms with E-state index in [-0.39, 0.29) is 0 Å². The van der Waals surface area contributed by atoms with Crippen LogP contribution in [0.5, 0.6) is 0 Å². The first-order valence-electron chi connectivity index (χ1n) is 10.6. The Morgan fingerprint density at radius 2 is 1.20 bits per heavy atom. The van der Waals surface area contributed by atoms with Crippen LogP contribution in [0.4, 0.5) is 0 Å². The van der Waals surface area contributed by atoms with Crippen LogP contribution < -0.4 is 0 Å². The van der Waals surface area contributed by atoms with Crippen LogP contribution in [0.25, 0.3) is 0 Å². The summed E-state index contributed by atoms with van der Waals surface area (Å²) in [5.41, 5.74) is 0. The van der Waals surface area contributed by atoms with Gasteiger partial charge >= 0.3 is 0 Å². The number of rotatable bonds is 17. The van der Waals surface area contributed by atoms with Crippen molar-refractivity contribution < 1.29 is 4.74 Å². The van der Waals surface area contributed by atoms with Gasteiger partial charge in [-0.3, -0.25) is 0 Å². The molecule has 1 fully saturated rings. The standard InChI is InChI=1S/C24H40O/c1-2-3-4-5-6-7-8-9-10-11-12-13-14-15-16-17-18-19-22-25-23-24-20-21-24/h6-7,9-10,12-13,15-16,24H,2-5,8,11,14,17-23H2,1H3/b7-6-,10-9-,13-12-,16-15-. The van der Waals surface area contributed by atoms with Crippen LogP contribution in [0, 0.1) is 5.92 Å². The lowest BCUT2D eigenvalue weighted by Crippen LogP contribution is -1.97. The molecule has 0 aromatic rings. The van der Waals surface area contributed by atoms with Gasteiger partial charge in [0.2, 0.25) is 0 Å². The highest BCUT2D eigenvalue weighted by molar-refractivity contribution is 4.99. The molecule has 1 aliphatic rings. The maximum atomic E-state index is 5.64. The lowest BCUT2D eigenvalue weighted by atomic mass is 10.2. The highest BCUT2D eigenvalue weighted by atomic mass is 16.5. The maximum Gasteiger partial charge on any atom is 0.0494 e. The molecule has 0 bridgehead atoms. The van der Waals surface area contributed by atoms with Gasteiger partial charge in [0.15, 0.2) is 0 Å². The summed E-state index contributed by atoms with van der Waals surface area (Å²) in [4.78, 5) is 0. The summed E-state index contributed by atoms with van der Waals surface area (Å²) in [5.74, 6) is 0.897. The molecule has 0 amide bonds. The molecule has 0 radical (unpaired) electrons. The van der Waals surface area contributed by atoms with Crippen molar-refractivity contribution in [3.05, 3.63) is 48.6 Å². The quantitative estimate of drug-likeness (QED) is 0.195. The van der Waals surface area contributed by atoms with Crippen molar-refractivity contribution in [1.82, 2.24) is 0 Å². The molecule has 25 heavy (non-hydrogen) atoms. The molecule has 0 heterocycles. The Bertz CT molecular complexity index is 385. The van der Waals surface area contributed by atoms with Gasteiger partial charge in [-0.2, -0.15) is 0 Å².